The highest BCUT2D eigenvalue weighted by molar-refractivity contribution is 6.08. The predicted molar refractivity (Wildman–Crippen MR) is 107 cm³/mol. The molecule has 0 unspecified atom stereocenters. The standard InChI is InChI=1S/C22H20F3N3O2/c1-11-18(14-4-3-5-16(24)19(14)22(30)28(11)26-2)21(29)27-20(12-6-7-12)13-8-9-15(23)17(25)10-13/h3-5,8-10,12,20,26H,6-7H2,1-2H3,(H,27,29)/t20-/m0/s1. The lowest BCUT2D eigenvalue weighted by Crippen LogP contribution is -2.35. The smallest absolute Gasteiger partial charge is 0.279 e. The molecule has 8 heteroatoms. The number of nitrogens with one attached hydrogen (secondary N) is 2. The second kappa shape index (κ2) is 7.51. The van der Waals surface area contributed by atoms with Crippen LogP contribution in [0, 0.1) is 30.3 Å². The zero-order valence-corrected chi connectivity index (χ0v) is 16.4. The van der Waals surface area contributed by atoms with E-state index in [2.05, 4.69) is 10.7 Å². The highest BCUT2D eigenvalue weighted by Gasteiger charge is 2.35. The van der Waals surface area contributed by atoms with Gasteiger partial charge in [-0.15, -0.1) is 0 Å². The summed E-state index contributed by atoms with van der Waals surface area (Å²) in [5, 5.41) is 2.89. The van der Waals surface area contributed by atoms with Crippen molar-refractivity contribution >= 4 is 16.7 Å². The van der Waals surface area contributed by atoms with Crippen molar-refractivity contribution in [1.29, 1.82) is 0 Å². The molecule has 5 nitrogen and oxygen atoms in total. The van der Waals surface area contributed by atoms with Gasteiger partial charge in [0.25, 0.3) is 11.5 Å². The topological polar surface area (TPSA) is 63.1 Å². The van der Waals surface area contributed by atoms with E-state index in [9.17, 15) is 22.8 Å². The average molecular weight is 415 g/mol. The van der Waals surface area contributed by atoms with Crippen molar-refractivity contribution in [1.82, 2.24) is 9.99 Å². The molecule has 2 aromatic carbocycles. The number of nitrogens with zero attached hydrogens (tertiary/aromatic N) is 1. The third kappa shape index (κ3) is 3.32. The largest absolute Gasteiger partial charge is 0.345 e. The summed E-state index contributed by atoms with van der Waals surface area (Å²) in [6.07, 6.45) is 1.68. The Labute approximate surface area is 170 Å². The van der Waals surface area contributed by atoms with E-state index in [1.807, 2.05) is 0 Å². The molecule has 1 amide bonds. The maximum Gasteiger partial charge on any atom is 0.279 e. The molecule has 3 aromatic rings. The summed E-state index contributed by atoms with van der Waals surface area (Å²) in [6, 6.07) is 7.15. The molecule has 1 aromatic heterocycles. The fourth-order valence-electron chi connectivity index (χ4n) is 3.90. The lowest BCUT2D eigenvalue weighted by molar-refractivity contribution is 0.0932. The second-order valence-corrected chi connectivity index (χ2v) is 7.45. The lowest BCUT2D eigenvalue weighted by Gasteiger charge is -2.22. The van der Waals surface area contributed by atoms with Gasteiger partial charge in [-0.2, -0.15) is 0 Å². The summed E-state index contributed by atoms with van der Waals surface area (Å²) in [5.74, 6) is -3.10. The van der Waals surface area contributed by atoms with Crippen molar-refractivity contribution in [3.05, 3.63) is 81.0 Å². The summed E-state index contributed by atoms with van der Waals surface area (Å²) in [5.41, 5.74) is 3.00. The Morgan fingerprint density at radius 2 is 1.83 bits per heavy atom. The number of fused-ring (bicyclic) bond motifs is 1. The molecule has 1 atom stereocenters. The fraction of sp³-hybridized carbons (Fsp3) is 0.273. The Bertz CT molecular complexity index is 1220. The Morgan fingerprint density at radius 1 is 1.10 bits per heavy atom. The number of hydrogen-bond acceptors (Lipinski definition) is 3. The zero-order valence-electron chi connectivity index (χ0n) is 16.4. The molecule has 1 fully saturated rings. The molecule has 0 bridgehead atoms. The Kier molecular flexibility index (Phi) is 5.01. The molecular formula is C22H20F3N3O2. The molecule has 1 aliphatic carbocycles. The first kappa shape index (κ1) is 20.0. The van der Waals surface area contributed by atoms with Crippen LogP contribution in [-0.2, 0) is 0 Å². The van der Waals surface area contributed by atoms with Gasteiger partial charge in [0.15, 0.2) is 11.6 Å². The summed E-state index contributed by atoms with van der Waals surface area (Å²) < 4.78 is 42.7. The van der Waals surface area contributed by atoms with E-state index in [0.29, 0.717) is 11.3 Å². The minimum absolute atomic E-state index is 0.0947. The molecule has 30 heavy (non-hydrogen) atoms. The number of aromatic nitrogens is 1. The summed E-state index contributed by atoms with van der Waals surface area (Å²) in [7, 11) is 1.50. The first-order valence-electron chi connectivity index (χ1n) is 9.61. The van der Waals surface area contributed by atoms with Gasteiger partial charge in [0.2, 0.25) is 0 Å². The SMILES string of the molecule is CNn1c(C)c(C(=O)N[C@H](c2ccc(F)c(F)c2)C2CC2)c2cccc(F)c2c1=O. The van der Waals surface area contributed by atoms with Crippen molar-refractivity contribution in [2.75, 3.05) is 12.5 Å². The van der Waals surface area contributed by atoms with Gasteiger partial charge >= 0.3 is 0 Å². The van der Waals surface area contributed by atoms with Crippen molar-refractivity contribution in [3.63, 3.8) is 0 Å². The van der Waals surface area contributed by atoms with Crippen LogP contribution in [0.15, 0.2) is 41.2 Å². The van der Waals surface area contributed by atoms with Crippen LogP contribution >= 0.6 is 0 Å². The van der Waals surface area contributed by atoms with Gasteiger partial charge in [0.05, 0.1) is 22.7 Å². The predicted octanol–water partition coefficient (Wildman–Crippen LogP) is 3.78. The zero-order chi connectivity index (χ0) is 21.6. The first-order chi connectivity index (χ1) is 14.3. The Morgan fingerprint density at radius 3 is 2.47 bits per heavy atom. The summed E-state index contributed by atoms with van der Waals surface area (Å²) in [4.78, 5) is 26.0. The van der Waals surface area contributed by atoms with E-state index < -0.39 is 35.0 Å². The minimum atomic E-state index is -0.986. The van der Waals surface area contributed by atoms with Gasteiger partial charge in [-0.05, 0) is 49.4 Å². The summed E-state index contributed by atoms with van der Waals surface area (Å²) >= 11 is 0. The quantitative estimate of drug-likeness (QED) is 0.667. The van der Waals surface area contributed by atoms with E-state index in [0.717, 1.165) is 35.7 Å². The van der Waals surface area contributed by atoms with Gasteiger partial charge in [0.1, 0.15) is 5.82 Å². The van der Waals surface area contributed by atoms with Crippen molar-refractivity contribution < 1.29 is 18.0 Å². The van der Waals surface area contributed by atoms with Crippen molar-refractivity contribution in [2.45, 2.75) is 25.8 Å². The molecule has 1 saturated carbocycles. The van der Waals surface area contributed by atoms with Crippen molar-refractivity contribution in [2.24, 2.45) is 5.92 Å². The first-order valence-corrected chi connectivity index (χ1v) is 9.61. The maximum atomic E-state index is 14.4. The average Bonchev–Trinajstić information content (AvgIpc) is 3.54. The van der Waals surface area contributed by atoms with Crippen LogP contribution in [0.4, 0.5) is 13.2 Å². The summed E-state index contributed by atoms with van der Waals surface area (Å²) in [6.45, 7) is 1.58. The van der Waals surface area contributed by atoms with E-state index in [-0.39, 0.29) is 22.3 Å². The van der Waals surface area contributed by atoms with Gasteiger partial charge in [-0.3, -0.25) is 9.59 Å². The lowest BCUT2D eigenvalue weighted by atomic mass is 9.99. The second-order valence-electron chi connectivity index (χ2n) is 7.45. The van der Waals surface area contributed by atoms with Crippen molar-refractivity contribution in [3.8, 4) is 0 Å². The van der Waals surface area contributed by atoms with Crippen LogP contribution < -0.4 is 16.3 Å². The van der Waals surface area contributed by atoms with Crippen LogP contribution in [0.3, 0.4) is 0 Å². The number of carbonyl (C=O) groups is 1. The normalized spacial score (nSPS) is 14.6. The van der Waals surface area contributed by atoms with Gasteiger partial charge < -0.3 is 10.7 Å². The Hall–Kier alpha value is -3.29. The monoisotopic (exact) mass is 415 g/mol. The van der Waals surface area contributed by atoms with Gasteiger partial charge in [0, 0.05) is 12.4 Å². The van der Waals surface area contributed by atoms with Crippen LogP contribution in [0.5, 0.6) is 0 Å². The van der Waals surface area contributed by atoms with E-state index in [1.54, 1.807) is 6.92 Å². The molecular weight excluding hydrogens is 395 g/mol. The fourth-order valence-corrected chi connectivity index (χ4v) is 3.90. The molecule has 0 spiro atoms. The highest BCUT2D eigenvalue weighted by Crippen LogP contribution is 2.41. The Balaban J connectivity index is 1.82. The van der Waals surface area contributed by atoms with Crippen LogP contribution in [0.25, 0.3) is 10.8 Å². The van der Waals surface area contributed by atoms with Crippen LogP contribution in [0.2, 0.25) is 0 Å². The number of carbonyl (C=O) groups excluding carboxylic acids is 1. The number of halogens is 3. The number of rotatable bonds is 5. The van der Waals surface area contributed by atoms with Gasteiger partial charge in [-0.1, -0.05) is 18.2 Å². The third-order valence-electron chi connectivity index (χ3n) is 5.53. The number of amides is 1. The van der Waals surface area contributed by atoms with Crippen LogP contribution in [0.1, 0.15) is 40.5 Å². The number of hydrogen-bond donors (Lipinski definition) is 2. The van der Waals surface area contributed by atoms with Crippen LogP contribution in [-0.4, -0.2) is 17.6 Å². The third-order valence-corrected chi connectivity index (χ3v) is 5.53. The van der Waals surface area contributed by atoms with E-state index in [1.165, 1.54) is 25.2 Å². The highest BCUT2D eigenvalue weighted by atomic mass is 19.2. The maximum absolute atomic E-state index is 14.4. The van der Waals surface area contributed by atoms with E-state index >= 15 is 0 Å². The molecule has 1 aliphatic rings. The minimum Gasteiger partial charge on any atom is -0.345 e. The molecule has 0 aliphatic heterocycles. The molecule has 1 heterocycles. The molecule has 2 N–H and O–H groups in total. The number of pyridine rings is 1. The molecule has 4 rings (SSSR count). The molecule has 0 saturated heterocycles. The molecule has 156 valence electrons. The van der Waals surface area contributed by atoms with E-state index in [4.69, 9.17) is 0 Å². The van der Waals surface area contributed by atoms with Gasteiger partial charge in [-0.25, -0.2) is 17.8 Å². The number of benzene rings is 2. The molecule has 0 radical (unpaired) electrons.